The number of morpholine rings is 1. The van der Waals surface area contributed by atoms with Crippen LogP contribution < -0.4 is 10.6 Å². The van der Waals surface area contributed by atoms with E-state index < -0.39 is 0 Å². The highest BCUT2D eigenvalue weighted by molar-refractivity contribution is 5.93. The summed E-state index contributed by atoms with van der Waals surface area (Å²) in [5, 5.41) is 5.76. The molecule has 1 fully saturated rings. The van der Waals surface area contributed by atoms with E-state index in [1.54, 1.807) is 30.5 Å². The maximum atomic E-state index is 12.4. The van der Waals surface area contributed by atoms with Gasteiger partial charge in [0.15, 0.2) is 11.7 Å². The Hall–Kier alpha value is -3.49. The molecule has 0 spiro atoms. The van der Waals surface area contributed by atoms with Gasteiger partial charge in [-0.1, -0.05) is 38.1 Å². The lowest BCUT2D eigenvalue weighted by atomic mass is 10.0. The van der Waals surface area contributed by atoms with E-state index in [2.05, 4.69) is 46.5 Å². The van der Waals surface area contributed by atoms with Crippen molar-refractivity contribution in [1.29, 1.82) is 0 Å². The average molecular weight is 491 g/mol. The first-order chi connectivity index (χ1) is 17.4. The number of rotatable bonds is 10. The molecular weight excluding hydrogens is 456 g/mol. The number of carbonyl (C=O) groups excluding carboxylic acids is 2. The quantitative estimate of drug-likeness (QED) is 0.438. The molecular formula is C28H34N4O4. The molecule has 0 atom stereocenters. The third kappa shape index (κ3) is 7.76. The monoisotopic (exact) mass is 490 g/mol. The van der Waals surface area contributed by atoms with Crippen LogP contribution in [0.15, 0.2) is 59.1 Å². The molecule has 0 radical (unpaired) electrons. The Morgan fingerprint density at radius 3 is 2.22 bits per heavy atom. The van der Waals surface area contributed by atoms with E-state index in [4.69, 9.17) is 9.15 Å². The average Bonchev–Trinajstić information content (AvgIpc) is 3.34. The number of nitrogens with zero attached hydrogens (tertiary/aromatic N) is 2. The highest BCUT2D eigenvalue weighted by Crippen LogP contribution is 2.22. The molecule has 1 aliphatic heterocycles. The molecule has 2 amide bonds. The molecule has 2 aromatic carbocycles. The number of amides is 2. The molecule has 0 bridgehead atoms. The minimum Gasteiger partial charge on any atom is -0.441 e. The summed E-state index contributed by atoms with van der Waals surface area (Å²) in [4.78, 5) is 31.0. The predicted molar refractivity (Wildman–Crippen MR) is 140 cm³/mol. The molecule has 1 saturated heterocycles. The van der Waals surface area contributed by atoms with E-state index in [1.807, 2.05) is 12.1 Å². The molecule has 1 aliphatic rings. The molecule has 3 aromatic rings. The second-order valence-corrected chi connectivity index (χ2v) is 9.48. The smallest absolute Gasteiger partial charge is 0.238 e. The number of ether oxygens (including phenoxy) is 1. The third-order valence-electron chi connectivity index (χ3n) is 5.93. The lowest BCUT2D eigenvalue weighted by Gasteiger charge is -2.25. The van der Waals surface area contributed by atoms with E-state index >= 15 is 0 Å². The van der Waals surface area contributed by atoms with Gasteiger partial charge in [0.2, 0.25) is 11.8 Å². The van der Waals surface area contributed by atoms with Gasteiger partial charge in [-0.25, -0.2) is 4.98 Å². The number of aromatic nitrogens is 1. The summed E-state index contributed by atoms with van der Waals surface area (Å²) in [5.74, 6) is 1.66. The van der Waals surface area contributed by atoms with Crippen LogP contribution in [-0.4, -0.2) is 54.5 Å². The van der Waals surface area contributed by atoms with Crippen molar-refractivity contribution >= 4 is 23.2 Å². The number of nitrogens with one attached hydrogen (secondary N) is 2. The van der Waals surface area contributed by atoms with Crippen LogP contribution in [0.3, 0.4) is 0 Å². The Morgan fingerprint density at radius 2 is 1.58 bits per heavy atom. The number of hydrogen-bond acceptors (Lipinski definition) is 6. The van der Waals surface area contributed by atoms with Crippen molar-refractivity contribution in [3.63, 3.8) is 0 Å². The molecule has 190 valence electrons. The van der Waals surface area contributed by atoms with Crippen LogP contribution in [0.5, 0.6) is 0 Å². The van der Waals surface area contributed by atoms with Crippen molar-refractivity contribution in [3.8, 4) is 11.3 Å². The lowest BCUT2D eigenvalue weighted by Crippen LogP contribution is -2.41. The number of anilines is 2. The van der Waals surface area contributed by atoms with Crippen LogP contribution in [0.4, 0.5) is 11.4 Å². The van der Waals surface area contributed by atoms with Crippen LogP contribution in [0.1, 0.15) is 31.7 Å². The molecule has 4 rings (SSSR count). The highest BCUT2D eigenvalue weighted by Gasteiger charge is 2.14. The molecule has 2 N–H and O–H groups in total. The second kappa shape index (κ2) is 12.5. The van der Waals surface area contributed by atoms with E-state index in [0.717, 1.165) is 25.1 Å². The molecule has 8 nitrogen and oxygen atoms in total. The largest absolute Gasteiger partial charge is 0.441 e. The summed E-state index contributed by atoms with van der Waals surface area (Å²) >= 11 is 0. The number of carbonyl (C=O) groups is 2. The zero-order valence-corrected chi connectivity index (χ0v) is 21.0. The maximum Gasteiger partial charge on any atom is 0.238 e. The van der Waals surface area contributed by atoms with Gasteiger partial charge in [-0.05, 0) is 42.2 Å². The fraction of sp³-hybridized carbons (Fsp3) is 0.393. The standard InChI is InChI=1S/C28H34N4O4/c1-20(2)17-21-3-5-22(6-4-21)25-18-29-28(36-25)12-11-26(33)30-23-7-9-24(10-8-23)31-27(34)19-32-13-15-35-16-14-32/h3-10,18,20H,11-17,19H2,1-2H3,(H,30,33)(H,31,34). The van der Waals surface area contributed by atoms with Crippen LogP contribution in [0.2, 0.25) is 0 Å². The number of benzene rings is 2. The molecule has 0 aliphatic carbocycles. The predicted octanol–water partition coefficient (Wildman–Crippen LogP) is 4.38. The van der Waals surface area contributed by atoms with Gasteiger partial charge >= 0.3 is 0 Å². The summed E-state index contributed by atoms with van der Waals surface area (Å²) in [6.45, 7) is 7.59. The van der Waals surface area contributed by atoms with Gasteiger partial charge in [-0.15, -0.1) is 0 Å². The van der Waals surface area contributed by atoms with Gasteiger partial charge in [0, 0.05) is 42.9 Å². The molecule has 0 saturated carbocycles. The molecule has 36 heavy (non-hydrogen) atoms. The summed E-state index contributed by atoms with van der Waals surface area (Å²) in [7, 11) is 0. The van der Waals surface area contributed by atoms with E-state index in [-0.39, 0.29) is 18.2 Å². The SMILES string of the molecule is CC(C)Cc1ccc(-c2cnc(CCC(=O)Nc3ccc(NC(=O)CN4CCOCC4)cc3)o2)cc1. The molecule has 1 aromatic heterocycles. The Bertz CT molecular complexity index is 1130. The minimum absolute atomic E-state index is 0.0643. The van der Waals surface area contributed by atoms with Gasteiger partial charge in [0.05, 0.1) is 26.0 Å². The molecule has 8 heteroatoms. The first-order valence-electron chi connectivity index (χ1n) is 12.5. The van der Waals surface area contributed by atoms with Crippen LogP contribution >= 0.6 is 0 Å². The van der Waals surface area contributed by atoms with E-state index in [9.17, 15) is 9.59 Å². The Morgan fingerprint density at radius 1 is 0.944 bits per heavy atom. The minimum atomic E-state index is -0.128. The maximum absolute atomic E-state index is 12.4. The first-order valence-corrected chi connectivity index (χ1v) is 12.5. The van der Waals surface area contributed by atoms with Crippen molar-refractivity contribution in [1.82, 2.24) is 9.88 Å². The van der Waals surface area contributed by atoms with E-state index in [0.29, 0.717) is 55.1 Å². The summed E-state index contributed by atoms with van der Waals surface area (Å²) in [6, 6.07) is 15.4. The van der Waals surface area contributed by atoms with Crippen molar-refractivity contribution in [2.45, 2.75) is 33.1 Å². The zero-order valence-electron chi connectivity index (χ0n) is 21.0. The second-order valence-electron chi connectivity index (χ2n) is 9.48. The zero-order chi connectivity index (χ0) is 25.3. The Labute approximate surface area is 212 Å². The van der Waals surface area contributed by atoms with Crippen LogP contribution in [-0.2, 0) is 27.2 Å². The first kappa shape index (κ1) is 25.6. The molecule has 2 heterocycles. The third-order valence-corrected chi connectivity index (χ3v) is 5.93. The van der Waals surface area contributed by atoms with Gasteiger partial charge in [0.25, 0.3) is 0 Å². The van der Waals surface area contributed by atoms with E-state index in [1.165, 1.54) is 5.56 Å². The highest BCUT2D eigenvalue weighted by atomic mass is 16.5. The number of aryl methyl sites for hydroxylation is 1. The van der Waals surface area contributed by atoms with Gasteiger partial charge in [-0.2, -0.15) is 0 Å². The van der Waals surface area contributed by atoms with Gasteiger partial charge in [0.1, 0.15) is 0 Å². The lowest BCUT2D eigenvalue weighted by molar-refractivity contribution is -0.118. The Kier molecular flexibility index (Phi) is 8.86. The van der Waals surface area contributed by atoms with Crippen molar-refractivity contribution in [2.75, 3.05) is 43.5 Å². The summed E-state index contributed by atoms with van der Waals surface area (Å²) in [5.41, 5.74) is 3.63. The fourth-order valence-corrected chi connectivity index (χ4v) is 4.08. The van der Waals surface area contributed by atoms with Crippen LogP contribution in [0.25, 0.3) is 11.3 Å². The normalized spacial score (nSPS) is 14.1. The van der Waals surface area contributed by atoms with Crippen LogP contribution in [0, 0.1) is 5.92 Å². The van der Waals surface area contributed by atoms with Crippen molar-refractivity contribution in [3.05, 3.63) is 66.2 Å². The van der Waals surface area contributed by atoms with Crippen molar-refractivity contribution in [2.24, 2.45) is 5.92 Å². The Balaban J connectivity index is 1.21. The topological polar surface area (TPSA) is 96.7 Å². The summed E-state index contributed by atoms with van der Waals surface area (Å²) < 4.78 is 11.2. The van der Waals surface area contributed by atoms with Crippen molar-refractivity contribution < 1.29 is 18.7 Å². The number of hydrogen-bond donors (Lipinski definition) is 2. The molecule has 0 unspecified atom stereocenters. The van der Waals surface area contributed by atoms with Gasteiger partial charge in [-0.3, -0.25) is 14.5 Å². The fourth-order valence-electron chi connectivity index (χ4n) is 4.08. The number of oxazole rings is 1. The summed E-state index contributed by atoms with van der Waals surface area (Å²) in [6.07, 6.45) is 3.42. The van der Waals surface area contributed by atoms with Gasteiger partial charge < -0.3 is 19.8 Å².